The van der Waals surface area contributed by atoms with Crippen LogP contribution in [0.15, 0.2) is 42.1 Å². The summed E-state index contributed by atoms with van der Waals surface area (Å²) >= 11 is 0. The van der Waals surface area contributed by atoms with Gasteiger partial charge in [0, 0.05) is 17.3 Å². The van der Waals surface area contributed by atoms with Crippen LogP contribution in [0.1, 0.15) is 23.7 Å². The summed E-state index contributed by atoms with van der Waals surface area (Å²) < 4.78 is 0. The third-order valence-electron chi connectivity index (χ3n) is 3.45. The molecule has 84 valence electrons. The summed E-state index contributed by atoms with van der Waals surface area (Å²) in [7, 11) is 0. The molecule has 1 nitrogen and oxygen atoms in total. The monoisotopic (exact) mass is 221 g/mol. The number of nitrogens with zero attached hydrogens (tertiary/aromatic N) is 1. The van der Waals surface area contributed by atoms with Crippen LogP contribution in [0.2, 0.25) is 0 Å². The summed E-state index contributed by atoms with van der Waals surface area (Å²) in [6, 6.07) is 6.51. The lowest BCUT2D eigenvalue weighted by Crippen LogP contribution is -1.92. The molecule has 0 radical (unpaired) electrons. The lowest BCUT2D eigenvalue weighted by molar-refractivity contribution is 1.22. The first-order chi connectivity index (χ1) is 8.25. The van der Waals surface area contributed by atoms with Crippen molar-refractivity contribution in [2.75, 3.05) is 0 Å². The molecule has 2 aromatic rings. The van der Waals surface area contributed by atoms with Gasteiger partial charge in [0.1, 0.15) is 0 Å². The summed E-state index contributed by atoms with van der Waals surface area (Å²) in [6.45, 7) is 4.22. The van der Waals surface area contributed by atoms with E-state index in [9.17, 15) is 0 Å². The molecular formula is C16H15N. The molecule has 1 heterocycles. The minimum absolute atomic E-state index is 1.01. The largest absolute Gasteiger partial charge is 0.261 e. The smallest absolute Gasteiger partial charge is 0.0451 e. The van der Waals surface area contributed by atoms with Gasteiger partial charge in [-0.3, -0.25) is 4.98 Å². The van der Waals surface area contributed by atoms with Crippen LogP contribution in [0.5, 0.6) is 0 Å². The quantitative estimate of drug-likeness (QED) is 0.653. The second-order valence-electron chi connectivity index (χ2n) is 4.61. The van der Waals surface area contributed by atoms with Crippen molar-refractivity contribution in [2.24, 2.45) is 0 Å². The molecular weight excluding hydrogens is 206 g/mol. The summed E-state index contributed by atoms with van der Waals surface area (Å²) in [4.78, 5) is 4.36. The molecule has 0 fully saturated rings. The highest BCUT2D eigenvalue weighted by molar-refractivity contribution is 5.90. The number of hydrogen-bond acceptors (Lipinski definition) is 1. The molecule has 1 aromatic carbocycles. The molecule has 0 N–H and O–H groups in total. The topological polar surface area (TPSA) is 12.9 Å². The molecule has 0 spiro atoms. The number of aryl methyl sites for hydroxylation is 1. The van der Waals surface area contributed by atoms with Crippen LogP contribution in [-0.2, 0) is 6.42 Å². The number of rotatable bonds is 0. The molecule has 0 saturated heterocycles. The van der Waals surface area contributed by atoms with Crippen LogP contribution in [0.4, 0.5) is 0 Å². The number of fused-ring (bicyclic) bond motifs is 3. The molecule has 0 atom stereocenters. The molecule has 1 heteroatoms. The van der Waals surface area contributed by atoms with Crippen LogP contribution < -0.4 is 0 Å². The lowest BCUT2D eigenvalue weighted by Gasteiger charge is -2.09. The van der Waals surface area contributed by atoms with Crippen LogP contribution >= 0.6 is 0 Å². The number of benzene rings is 1. The van der Waals surface area contributed by atoms with E-state index in [1.807, 2.05) is 6.20 Å². The van der Waals surface area contributed by atoms with E-state index >= 15 is 0 Å². The van der Waals surface area contributed by atoms with E-state index in [1.54, 1.807) is 0 Å². The Balaban J connectivity index is 2.34. The third kappa shape index (κ3) is 1.68. The van der Waals surface area contributed by atoms with E-state index in [0.29, 0.717) is 0 Å². The summed E-state index contributed by atoms with van der Waals surface area (Å²) in [5.74, 6) is 0. The molecule has 0 saturated carbocycles. The van der Waals surface area contributed by atoms with E-state index < -0.39 is 0 Å². The van der Waals surface area contributed by atoms with Crippen molar-refractivity contribution < 1.29 is 0 Å². The van der Waals surface area contributed by atoms with Crippen molar-refractivity contribution in [1.82, 2.24) is 4.98 Å². The standard InChI is InChI=1S/C16H15N/c1-11-3-5-13-6-8-14-12(2)17-10-9-16(14)15(13)7-4-11/h3-6,8-10H,7H2,1-2H3. The molecule has 3 rings (SSSR count). The SMILES string of the molecule is CC1=CCc2c(ccc3c(C)nccc23)C=C1. The van der Waals surface area contributed by atoms with Gasteiger partial charge in [-0.1, -0.05) is 35.9 Å². The average Bonchev–Trinajstić information content (AvgIpc) is 2.52. The van der Waals surface area contributed by atoms with Crippen LogP contribution in [-0.4, -0.2) is 4.98 Å². The first-order valence-electron chi connectivity index (χ1n) is 5.98. The Hall–Kier alpha value is -1.89. The number of aromatic nitrogens is 1. The van der Waals surface area contributed by atoms with Crippen LogP contribution in [0.3, 0.4) is 0 Å². The van der Waals surface area contributed by atoms with Crippen molar-refractivity contribution >= 4 is 16.8 Å². The molecule has 0 bridgehead atoms. The molecule has 1 aliphatic carbocycles. The summed E-state index contributed by atoms with van der Waals surface area (Å²) in [5.41, 5.74) is 5.19. The fourth-order valence-corrected chi connectivity index (χ4v) is 2.42. The van der Waals surface area contributed by atoms with E-state index in [1.165, 1.54) is 27.5 Å². The number of pyridine rings is 1. The van der Waals surface area contributed by atoms with Crippen molar-refractivity contribution in [1.29, 1.82) is 0 Å². The maximum atomic E-state index is 4.36. The van der Waals surface area contributed by atoms with Gasteiger partial charge in [-0.15, -0.1) is 0 Å². The Kier molecular flexibility index (Phi) is 2.32. The Morgan fingerprint density at radius 1 is 1.00 bits per heavy atom. The maximum absolute atomic E-state index is 4.36. The zero-order valence-electron chi connectivity index (χ0n) is 10.2. The first-order valence-corrected chi connectivity index (χ1v) is 5.98. The Morgan fingerprint density at radius 3 is 2.76 bits per heavy atom. The third-order valence-corrected chi connectivity index (χ3v) is 3.45. The van der Waals surface area contributed by atoms with Gasteiger partial charge in [0.25, 0.3) is 0 Å². The fraction of sp³-hybridized carbons (Fsp3) is 0.188. The van der Waals surface area contributed by atoms with E-state index in [0.717, 1.165) is 12.1 Å². The molecule has 1 aromatic heterocycles. The van der Waals surface area contributed by atoms with E-state index in [4.69, 9.17) is 0 Å². The second-order valence-corrected chi connectivity index (χ2v) is 4.61. The van der Waals surface area contributed by atoms with Gasteiger partial charge < -0.3 is 0 Å². The minimum atomic E-state index is 1.01. The highest BCUT2D eigenvalue weighted by atomic mass is 14.7. The number of hydrogen-bond donors (Lipinski definition) is 0. The highest BCUT2D eigenvalue weighted by Crippen LogP contribution is 2.27. The van der Waals surface area contributed by atoms with Crippen molar-refractivity contribution in [3.8, 4) is 0 Å². The maximum Gasteiger partial charge on any atom is 0.0451 e. The second kappa shape index (κ2) is 3.85. The predicted molar refractivity (Wildman–Crippen MR) is 73.0 cm³/mol. The van der Waals surface area contributed by atoms with Gasteiger partial charge in [0.05, 0.1) is 0 Å². The van der Waals surface area contributed by atoms with Gasteiger partial charge in [0.15, 0.2) is 0 Å². The molecule has 0 aliphatic heterocycles. The summed E-state index contributed by atoms with van der Waals surface area (Å²) in [6.07, 6.45) is 9.60. The van der Waals surface area contributed by atoms with Gasteiger partial charge in [-0.25, -0.2) is 0 Å². The normalized spacial score (nSPS) is 14.4. The zero-order chi connectivity index (χ0) is 11.8. The van der Waals surface area contributed by atoms with Crippen LogP contribution in [0.25, 0.3) is 16.8 Å². The van der Waals surface area contributed by atoms with Crippen molar-refractivity contribution in [2.45, 2.75) is 20.3 Å². The average molecular weight is 221 g/mol. The Morgan fingerprint density at radius 2 is 1.88 bits per heavy atom. The lowest BCUT2D eigenvalue weighted by atomic mass is 9.97. The van der Waals surface area contributed by atoms with Gasteiger partial charge in [-0.2, -0.15) is 0 Å². The number of allylic oxidation sites excluding steroid dienone is 3. The van der Waals surface area contributed by atoms with Gasteiger partial charge in [-0.05, 0) is 42.8 Å². The molecule has 0 amide bonds. The fourth-order valence-electron chi connectivity index (χ4n) is 2.42. The first kappa shape index (κ1) is 10.3. The zero-order valence-corrected chi connectivity index (χ0v) is 10.2. The Bertz CT molecular complexity index is 648. The van der Waals surface area contributed by atoms with E-state index in [2.05, 4.69) is 55.3 Å². The van der Waals surface area contributed by atoms with Crippen molar-refractivity contribution in [3.63, 3.8) is 0 Å². The van der Waals surface area contributed by atoms with Gasteiger partial charge >= 0.3 is 0 Å². The molecule has 0 unspecified atom stereocenters. The van der Waals surface area contributed by atoms with E-state index in [-0.39, 0.29) is 0 Å². The highest BCUT2D eigenvalue weighted by Gasteiger charge is 2.08. The molecule has 1 aliphatic rings. The Labute approximate surface area is 102 Å². The van der Waals surface area contributed by atoms with Crippen molar-refractivity contribution in [3.05, 3.63) is 58.9 Å². The van der Waals surface area contributed by atoms with Gasteiger partial charge in [0.2, 0.25) is 0 Å². The summed E-state index contributed by atoms with van der Waals surface area (Å²) in [5, 5.41) is 2.61. The predicted octanol–water partition coefficient (Wildman–Crippen LogP) is 4.06. The minimum Gasteiger partial charge on any atom is -0.261 e. The molecule has 17 heavy (non-hydrogen) atoms. The van der Waals surface area contributed by atoms with Crippen LogP contribution in [0, 0.1) is 6.92 Å².